The van der Waals surface area contributed by atoms with E-state index in [0.29, 0.717) is 18.7 Å². The van der Waals surface area contributed by atoms with Crippen molar-refractivity contribution in [3.8, 4) is 0 Å². The molecule has 10 heteroatoms. The van der Waals surface area contributed by atoms with Crippen LogP contribution in [0.15, 0.2) is 41.3 Å². The minimum Gasteiger partial charge on any atom is -0.457 e. The van der Waals surface area contributed by atoms with Gasteiger partial charge in [0.15, 0.2) is 9.84 Å². The summed E-state index contributed by atoms with van der Waals surface area (Å²) in [7, 11) is -3.28. The second kappa shape index (κ2) is 9.78. The predicted octanol–water partition coefficient (Wildman–Crippen LogP) is 3.04. The van der Waals surface area contributed by atoms with Crippen molar-refractivity contribution < 1.29 is 27.9 Å². The van der Waals surface area contributed by atoms with Crippen LogP contribution in [0.3, 0.4) is 0 Å². The highest BCUT2D eigenvalue weighted by atomic mass is 35.5. The van der Waals surface area contributed by atoms with Crippen molar-refractivity contribution in [2.45, 2.75) is 43.8 Å². The van der Waals surface area contributed by atoms with Crippen LogP contribution in [0.5, 0.6) is 0 Å². The monoisotopic (exact) mass is 534 g/mol. The number of rotatable bonds is 5. The van der Waals surface area contributed by atoms with Gasteiger partial charge in [0, 0.05) is 30.6 Å². The van der Waals surface area contributed by atoms with Crippen molar-refractivity contribution in [3.05, 3.63) is 58.7 Å². The number of aliphatic hydroxyl groups excluding tert-OH is 1. The number of benzene rings is 2. The van der Waals surface area contributed by atoms with Gasteiger partial charge in [-0.2, -0.15) is 0 Å². The number of ether oxygens (including phenoxy) is 1. The first-order valence-electron chi connectivity index (χ1n) is 11.9. The van der Waals surface area contributed by atoms with Crippen LogP contribution in [0.4, 0.5) is 5.69 Å². The molecule has 1 N–H and O–H groups in total. The number of carbonyl (C=O) groups excluding carboxylic acids is 2. The molecule has 2 saturated heterocycles. The molecule has 0 bridgehead atoms. The summed E-state index contributed by atoms with van der Waals surface area (Å²) in [5.41, 5.74) is 3.46. The minimum atomic E-state index is -3.28. The smallest absolute Gasteiger partial charge is 0.338 e. The number of cyclic esters (lactones) is 1. The first-order chi connectivity index (χ1) is 16.6. The molecular formula is C26H31ClN2O6S. The number of esters is 1. The summed E-state index contributed by atoms with van der Waals surface area (Å²) in [6.07, 6.45) is 2.70. The molecule has 0 aromatic heterocycles. The fourth-order valence-corrected chi connectivity index (χ4v) is 6.27. The van der Waals surface area contributed by atoms with Gasteiger partial charge in [-0.25, -0.2) is 13.2 Å². The van der Waals surface area contributed by atoms with Crippen LogP contribution in [0.1, 0.15) is 52.4 Å². The SMILES string of the molecule is Cc1c([C@@H](O)CN2CCC3(CC2)CCN(c2ccc(S(C)(=O)=O)cc2)C3=O)ccc2c1COC2=O.Cl. The maximum Gasteiger partial charge on any atom is 0.338 e. The van der Waals surface area contributed by atoms with Gasteiger partial charge < -0.3 is 19.6 Å². The largest absolute Gasteiger partial charge is 0.457 e. The maximum atomic E-state index is 13.4. The average molecular weight is 535 g/mol. The van der Waals surface area contributed by atoms with E-state index in [4.69, 9.17) is 4.74 Å². The standard InChI is InChI=1S/C26H30N2O6S.ClH/c1-17-20(7-8-21-22(17)16-34-24(21)30)23(29)15-27-12-9-26(10-13-27)11-14-28(25(26)31)18-3-5-19(6-4-18)35(2,32)33;/h3-8,23,29H,9-16H2,1-2H3;1H/t23-;/m0./s1. The lowest BCUT2D eigenvalue weighted by Crippen LogP contribution is -2.45. The fraction of sp³-hybridized carbons (Fsp3) is 0.462. The van der Waals surface area contributed by atoms with Gasteiger partial charge in [0.05, 0.1) is 22.0 Å². The molecule has 1 spiro atoms. The zero-order valence-corrected chi connectivity index (χ0v) is 22.0. The zero-order chi connectivity index (χ0) is 25.0. The number of nitrogens with zero attached hydrogens (tertiary/aromatic N) is 2. The molecule has 0 aliphatic carbocycles. The third-order valence-electron chi connectivity index (χ3n) is 7.90. The van der Waals surface area contributed by atoms with Crippen molar-refractivity contribution in [3.63, 3.8) is 0 Å². The second-order valence-electron chi connectivity index (χ2n) is 9.95. The van der Waals surface area contributed by atoms with Gasteiger partial charge in [0.1, 0.15) is 6.61 Å². The van der Waals surface area contributed by atoms with Crippen molar-refractivity contribution in [2.75, 3.05) is 37.3 Å². The van der Waals surface area contributed by atoms with Crippen LogP contribution >= 0.6 is 12.4 Å². The number of carbonyl (C=O) groups is 2. The Balaban J connectivity index is 0.00000304. The summed E-state index contributed by atoms with van der Waals surface area (Å²) < 4.78 is 28.6. The van der Waals surface area contributed by atoms with E-state index in [1.165, 1.54) is 6.26 Å². The normalized spacial score (nSPS) is 20.2. The quantitative estimate of drug-likeness (QED) is 0.588. The van der Waals surface area contributed by atoms with Crippen molar-refractivity contribution in [1.82, 2.24) is 4.90 Å². The Morgan fingerprint density at radius 1 is 1.03 bits per heavy atom. The average Bonchev–Trinajstić information content (AvgIpc) is 3.36. The number of anilines is 1. The first kappa shape index (κ1) is 26.6. The molecule has 5 rings (SSSR count). The second-order valence-corrected chi connectivity index (χ2v) is 12.0. The summed E-state index contributed by atoms with van der Waals surface area (Å²) >= 11 is 0. The number of fused-ring (bicyclic) bond motifs is 1. The molecule has 194 valence electrons. The maximum absolute atomic E-state index is 13.4. The summed E-state index contributed by atoms with van der Waals surface area (Å²) in [4.78, 5) is 29.4. The topological polar surface area (TPSA) is 104 Å². The number of sulfone groups is 1. The highest BCUT2D eigenvalue weighted by Crippen LogP contribution is 2.43. The molecule has 1 atom stereocenters. The Kier molecular flexibility index (Phi) is 7.22. The number of hydrogen-bond donors (Lipinski definition) is 1. The van der Waals surface area contributed by atoms with Crippen molar-refractivity contribution in [1.29, 1.82) is 0 Å². The molecule has 3 heterocycles. The first-order valence-corrected chi connectivity index (χ1v) is 13.8. The molecule has 0 saturated carbocycles. The van der Waals surface area contributed by atoms with Gasteiger partial charge in [0.2, 0.25) is 5.91 Å². The van der Waals surface area contributed by atoms with E-state index in [-0.39, 0.29) is 35.8 Å². The number of halogens is 1. The van der Waals surface area contributed by atoms with E-state index in [0.717, 1.165) is 54.7 Å². The van der Waals surface area contributed by atoms with Gasteiger partial charge in [-0.3, -0.25) is 4.79 Å². The minimum absolute atomic E-state index is 0. The van der Waals surface area contributed by atoms with Crippen LogP contribution in [0, 0.1) is 12.3 Å². The summed E-state index contributed by atoms with van der Waals surface area (Å²) in [5.74, 6) is -0.212. The Labute approximate surface area is 217 Å². The van der Waals surface area contributed by atoms with E-state index < -0.39 is 21.4 Å². The number of aliphatic hydroxyl groups is 1. The molecule has 1 amide bonds. The van der Waals surface area contributed by atoms with E-state index in [1.54, 1.807) is 35.2 Å². The van der Waals surface area contributed by atoms with E-state index in [2.05, 4.69) is 4.90 Å². The van der Waals surface area contributed by atoms with Crippen molar-refractivity contribution >= 4 is 39.8 Å². The van der Waals surface area contributed by atoms with E-state index in [1.807, 2.05) is 13.0 Å². The molecule has 2 aromatic carbocycles. The van der Waals surface area contributed by atoms with E-state index in [9.17, 15) is 23.1 Å². The lowest BCUT2D eigenvalue weighted by molar-refractivity contribution is -0.128. The number of hydrogen-bond acceptors (Lipinski definition) is 7. The summed E-state index contributed by atoms with van der Waals surface area (Å²) in [5, 5.41) is 10.9. The third kappa shape index (κ3) is 4.65. The summed E-state index contributed by atoms with van der Waals surface area (Å²) in [6.45, 7) is 4.69. The van der Waals surface area contributed by atoms with Gasteiger partial charge in [-0.1, -0.05) is 6.07 Å². The van der Waals surface area contributed by atoms with Crippen LogP contribution < -0.4 is 4.90 Å². The Bertz CT molecular complexity index is 1290. The van der Waals surface area contributed by atoms with Crippen LogP contribution in [0.2, 0.25) is 0 Å². The van der Waals surface area contributed by atoms with Crippen molar-refractivity contribution in [2.24, 2.45) is 5.41 Å². The van der Waals surface area contributed by atoms with Crippen LogP contribution in [-0.4, -0.2) is 62.7 Å². The molecule has 2 aromatic rings. The molecule has 2 fully saturated rings. The molecular weight excluding hydrogens is 504 g/mol. The summed E-state index contributed by atoms with van der Waals surface area (Å²) in [6, 6.07) is 10.1. The number of piperidine rings is 1. The Morgan fingerprint density at radius 3 is 2.31 bits per heavy atom. The fourth-order valence-electron chi connectivity index (χ4n) is 5.64. The van der Waals surface area contributed by atoms with Gasteiger partial charge in [-0.15, -0.1) is 12.4 Å². The molecule has 36 heavy (non-hydrogen) atoms. The molecule has 3 aliphatic heterocycles. The zero-order valence-electron chi connectivity index (χ0n) is 20.4. The van der Waals surface area contributed by atoms with Gasteiger partial charge in [0.25, 0.3) is 0 Å². The van der Waals surface area contributed by atoms with E-state index >= 15 is 0 Å². The lowest BCUT2D eigenvalue weighted by Gasteiger charge is -2.38. The van der Waals surface area contributed by atoms with Crippen LogP contribution in [-0.2, 0) is 26.0 Å². The number of β-amino-alcohol motifs (C(OH)–C–C–N with tert-alkyl or cyclic N) is 1. The Morgan fingerprint density at radius 2 is 1.67 bits per heavy atom. The molecule has 0 radical (unpaired) electrons. The number of amides is 1. The lowest BCUT2D eigenvalue weighted by atomic mass is 9.77. The predicted molar refractivity (Wildman–Crippen MR) is 137 cm³/mol. The highest BCUT2D eigenvalue weighted by Gasteiger charge is 2.48. The number of likely N-dealkylation sites (tertiary alicyclic amines) is 1. The highest BCUT2D eigenvalue weighted by molar-refractivity contribution is 7.90. The van der Waals surface area contributed by atoms with Crippen LogP contribution in [0.25, 0.3) is 0 Å². The Hall–Kier alpha value is -2.46. The molecule has 0 unspecified atom stereocenters. The third-order valence-corrected chi connectivity index (χ3v) is 9.03. The molecule has 3 aliphatic rings. The van der Waals surface area contributed by atoms with Gasteiger partial charge in [-0.05, 0) is 80.7 Å². The molecule has 8 nitrogen and oxygen atoms in total. The van der Waals surface area contributed by atoms with Gasteiger partial charge >= 0.3 is 5.97 Å².